The number of nitrogens with one attached hydrogen (secondary N) is 1. The second-order valence-corrected chi connectivity index (χ2v) is 7.40. The minimum atomic E-state index is -3.55. The molecule has 0 saturated carbocycles. The third kappa shape index (κ3) is 4.06. The maximum absolute atomic E-state index is 12.1. The van der Waals surface area contributed by atoms with Crippen molar-refractivity contribution in [2.75, 3.05) is 6.54 Å². The number of alkyl halides is 1. The van der Waals surface area contributed by atoms with E-state index in [1.165, 1.54) is 0 Å². The molecule has 0 bridgehead atoms. The fourth-order valence-corrected chi connectivity index (χ4v) is 3.64. The molecule has 1 unspecified atom stereocenters. The van der Waals surface area contributed by atoms with Crippen LogP contribution in [0.15, 0.2) is 64.0 Å². The van der Waals surface area contributed by atoms with E-state index >= 15 is 0 Å². The Kier molecular flexibility index (Phi) is 5.21. The highest BCUT2D eigenvalue weighted by molar-refractivity contribution is 9.10. The highest BCUT2D eigenvalue weighted by Gasteiger charge is 2.16. The average molecular weight is 375 g/mol. The van der Waals surface area contributed by atoms with Gasteiger partial charge in [-0.05, 0) is 23.8 Å². The number of halogens is 2. The summed E-state index contributed by atoms with van der Waals surface area (Å²) in [6.45, 7) is 0.139. The molecule has 0 amide bonds. The Hall–Kier alpha value is -0.880. The normalized spacial score (nSPS) is 13.1. The van der Waals surface area contributed by atoms with E-state index in [-0.39, 0.29) is 11.4 Å². The molecule has 0 heterocycles. The van der Waals surface area contributed by atoms with Crippen LogP contribution in [0.5, 0.6) is 0 Å². The van der Waals surface area contributed by atoms with Gasteiger partial charge in [-0.1, -0.05) is 52.3 Å². The van der Waals surface area contributed by atoms with Gasteiger partial charge in [0, 0.05) is 11.0 Å². The lowest BCUT2D eigenvalue weighted by Gasteiger charge is -2.12. The summed E-state index contributed by atoms with van der Waals surface area (Å²) < 4.78 is 27.5. The van der Waals surface area contributed by atoms with E-state index in [2.05, 4.69) is 20.7 Å². The van der Waals surface area contributed by atoms with Crippen LogP contribution >= 0.6 is 27.5 Å². The summed E-state index contributed by atoms with van der Waals surface area (Å²) in [5.74, 6) is 0. The minimum absolute atomic E-state index is 0.139. The molecule has 0 aromatic heterocycles. The molecule has 106 valence electrons. The first kappa shape index (κ1) is 15.5. The highest BCUT2D eigenvalue weighted by atomic mass is 79.9. The summed E-state index contributed by atoms with van der Waals surface area (Å²) in [6.07, 6.45) is 0. The Morgan fingerprint density at radius 3 is 2.45 bits per heavy atom. The second kappa shape index (κ2) is 6.72. The third-order valence-electron chi connectivity index (χ3n) is 2.72. The number of rotatable bonds is 5. The molecule has 0 aliphatic heterocycles. The first-order valence-corrected chi connectivity index (χ1v) is 8.64. The van der Waals surface area contributed by atoms with Crippen molar-refractivity contribution in [1.82, 2.24) is 4.72 Å². The topological polar surface area (TPSA) is 46.2 Å². The molecule has 3 nitrogen and oxygen atoms in total. The van der Waals surface area contributed by atoms with Crippen LogP contribution in [0.1, 0.15) is 10.9 Å². The van der Waals surface area contributed by atoms with Crippen LogP contribution in [0.4, 0.5) is 0 Å². The fourth-order valence-electron chi connectivity index (χ4n) is 1.68. The van der Waals surface area contributed by atoms with Crippen molar-refractivity contribution in [2.24, 2.45) is 0 Å². The molecular formula is C14H13BrClNO2S. The molecule has 2 aromatic carbocycles. The molecule has 0 spiro atoms. The Balaban J connectivity index is 2.07. The summed E-state index contributed by atoms with van der Waals surface area (Å²) in [5, 5.41) is -0.405. The molecule has 2 aromatic rings. The van der Waals surface area contributed by atoms with Crippen LogP contribution in [0.3, 0.4) is 0 Å². The Labute approximate surface area is 132 Å². The van der Waals surface area contributed by atoms with E-state index in [4.69, 9.17) is 11.6 Å². The Morgan fingerprint density at radius 1 is 1.10 bits per heavy atom. The lowest BCUT2D eigenvalue weighted by atomic mass is 10.1. The molecule has 2 rings (SSSR count). The van der Waals surface area contributed by atoms with E-state index in [0.717, 1.165) is 5.56 Å². The van der Waals surface area contributed by atoms with E-state index in [9.17, 15) is 8.42 Å². The lowest BCUT2D eigenvalue weighted by molar-refractivity contribution is 0.580. The summed E-state index contributed by atoms with van der Waals surface area (Å²) in [5.41, 5.74) is 0.881. The van der Waals surface area contributed by atoms with E-state index < -0.39 is 15.4 Å². The summed E-state index contributed by atoms with van der Waals surface area (Å²) >= 11 is 9.45. The van der Waals surface area contributed by atoms with Gasteiger partial charge in [-0.15, -0.1) is 11.6 Å². The summed E-state index contributed by atoms with van der Waals surface area (Å²) in [7, 11) is -3.55. The van der Waals surface area contributed by atoms with Crippen LogP contribution in [0.25, 0.3) is 0 Å². The Morgan fingerprint density at radius 2 is 1.80 bits per heavy atom. The van der Waals surface area contributed by atoms with Crippen LogP contribution in [0, 0.1) is 0 Å². The number of hydrogen-bond acceptors (Lipinski definition) is 2. The Bertz CT molecular complexity index is 677. The van der Waals surface area contributed by atoms with Gasteiger partial charge in [0.2, 0.25) is 10.0 Å². The van der Waals surface area contributed by atoms with Crippen molar-refractivity contribution in [1.29, 1.82) is 0 Å². The average Bonchev–Trinajstić information content (AvgIpc) is 2.46. The van der Waals surface area contributed by atoms with E-state index in [1.807, 2.05) is 30.3 Å². The van der Waals surface area contributed by atoms with Crippen LogP contribution < -0.4 is 4.72 Å². The van der Waals surface area contributed by atoms with Crippen molar-refractivity contribution >= 4 is 37.6 Å². The van der Waals surface area contributed by atoms with Gasteiger partial charge in [0.05, 0.1) is 10.3 Å². The molecule has 0 aliphatic carbocycles. The minimum Gasteiger partial charge on any atom is -0.209 e. The quantitative estimate of drug-likeness (QED) is 0.811. The predicted molar refractivity (Wildman–Crippen MR) is 84.4 cm³/mol. The molecule has 0 radical (unpaired) electrons. The highest BCUT2D eigenvalue weighted by Crippen LogP contribution is 2.20. The van der Waals surface area contributed by atoms with Crippen LogP contribution in [-0.4, -0.2) is 15.0 Å². The molecule has 0 fully saturated rings. The van der Waals surface area contributed by atoms with Crippen molar-refractivity contribution in [3.8, 4) is 0 Å². The van der Waals surface area contributed by atoms with Crippen molar-refractivity contribution in [3.05, 3.63) is 64.6 Å². The zero-order valence-electron chi connectivity index (χ0n) is 10.5. The third-order valence-corrected chi connectivity index (χ3v) is 5.04. The molecule has 20 heavy (non-hydrogen) atoms. The number of benzene rings is 2. The molecule has 0 aliphatic rings. The molecular weight excluding hydrogens is 362 g/mol. The maximum atomic E-state index is 12.1. The van der Waals surface area contributed by atoms with Gasteiger partial charge in [0.15, 0.2) is 0 Å². The van der Waals surface area contributed by atoms with Crippen LogP contribution in [0.2, 0.25) is 0 Å². The van der Waals surface area contributed by atoms with Gasteiger partial charge in [-0.2, -0.15) is 0 Å². The van der Waals surface area contributed by atoms with Crippen LogP contribution in [-0.2, 0) is 10.0 Å². The SMILES string of the molecule is O=S(=O)(NCC(Cl)c1ccccc1)c1cccc(Br)c1. The molecule has 0 saturated heterocycles. The van der Waals surface area contributed by atoms with Gasteiger partial charge >= 0.3 is 0 Å². The predicted octanol–water partition coefficient (Wildman–Crippen LogP) is 3.71. The standard InChI is InChI=1S/C14H13BrClNO2S/c15-12-7-4-8-13(9-12)20(18,19)17-10-14(16)11-5-2-1-3-6-11/h1-9,14,17H,10H2. The van der Waals surface area contributed by atoms with Gasteiger partial charge < -0.3 is 0 Å². The first-order chi connectivity index (χ1) is 9.49. The van der Waals surface area contributed by atoms with E-state index in [1.54, 1.807) is 24.3 Å². The van der Waals surface area contributed by atoms with Crippen molar-refractivity contribution in [3.63, 3.8) is 0 Å². The zero-order chi connectivity index (χ0) is 14.6. The van der Waals surface area contributed by atoms with Crippen molar-refractivity contribution < 1.29 is 8.42 Å². The number of sulfonamides is 1. The second-order valence-electron chi connectivity index (χ2n) is 4.19. The van der Waals surface area contributed by atoms with Gasteiger partial charge in [-0.3, -0.25) is 0 Å². The smallest absolute Gasteiger partial charge is 0.209 e. The zero-order valence-corrected chi connectivity index (χ0v) is 13.6. The van der Waals surface area contributed by atoms with Gasteiger partial charge in [0.25, 0.3) is 0 Å². The first-order valence-electron chi connectivity index (χ1n) is 5.93. The van der Waals surface area contributed by atoms with Gasteiger partial charge in [-0.25, -0.2) is 13.1 Å². The fraction of sp³-hybridized carbons (Fsp3) is 0.143. The molecule has 6 heteroatoms. The summed E-state index contributed by atoms with van der Waals surface area (Å²) in [4.78, 5) is 0.212. The number of hydrogen-bond donors (Lipinski definition) is 1. The maximum Gasteiger partial charge on any atom is 0.240 e. The molecule has 1 N–H and O–H groups in total. The monoisotopic (exact) mass is 373 g/mol. The molecule has 1 atom stereocenters. The van der Waals surface area contributed by atoms with E-state index in [0.29, 0.717) is 4.47 Å². The lowest BCUT2D eigenvalue weighted by Crippen LogP contribution is -2.27. The van der Waals surface area contributed by atoms with Crippen molar-refractivity contribution in [2.45, 2.75) is 10.3 Å². The summed E-state index contributed by atoms with van der Waals surface area (Å²) in [6, 6.07) is 15.9. The van der Waals surface area contributed by atoms with Gasteiger partial charge in [0.1, 0.15) is 0 Å². The largest absolute Gasteiger partial charge is 0.240 e.